The van der Waals surface area contributed by atoms with Crippen molar-refractivity contribution in [2.24, 2.45) is 0 Å². The standard InChI is InChI=1S/C16H23NO3/c1-2-10-20-14-7-5-6-13(11-14)17-15(18)12-16(19)8-3-4-9-16/h5-7,11,19H,2-4,8-10,12H2,1H3,(H,17,18). The van der Waals surface area contributed by atoms with Gasteiger partial charge in [0, 0.05) is 11.8 Å². The minimum absolute atomic E-state index is 0.137. The zero-order valence-electron chi connectivity index (χ0n) is 12.0. The zero-order chi connectivity index (χ0) is 14.4. The lowest BCUT2D eigenvalue weighted by molar-refractivity contribution is -0.120. The Bertz CT molecular complexity index is 453. The Hall–Kier alpha value is -1.55. The first-order valence-electron chi connectivity index (χ1n) is 7.36. The molecule has 1 aromatic carbocycles. The molecule has 0 unspecified atom stereocenters. The summed E-state index contributed by atoms with van der Waals surface area (Å²) in [6.07, 6.45) is 4.57. The van der Waals surface area contributed by atoms with E-state index in [4.69, 9.17) is 4.74 Å². The van der Waals surface area contributed by atoms with Crippen LogP contribution in [0.5, 0.6) is 5.75 Å². The second-order valence-corrected chi connectivity index (χ2v) is 5.53. The average Bonchev–Trinajstić information content (AvgIpc) is 2.83. The van der Waals surface area contributed by atoms with Gasteiger partial charge in [0.05, 0.1) is 18.6 Å². The summed E-state index contributed by atoms with van der Waals surface area (Å²) in [6, 6.07) is 7.36. The van der Waals surface area contributed by atoms with Crippen molar-refractivity contribution >= 4 is 11.6 Å². The van der Waals surface area contributed by atoms with Crippen LogP contribution in [0.4, 0.5) is 5.69 Å². The van der Waals surface area contributed by atoms with Gasteiger partial charge in [0.15, 0.2) is 0 Å². The molecule has 1 saturated carbocycles. The number of rotatable bonds is 6. The van der Waals surface area contributed by atoms with Crippen molar-refractivity contribution in [1.82, 2.24) is 0 Å². The lowest BCUT2D eigenvalue weighted by Gasteiger charge is -2.21. The maximum atomic E-state index is 12.0. The first kappa shape index (κ1) is 14.9. The smallest absolute Gasteiger partial charge is 0.227 e. The SMILES string of the molecule is CCCOc1cccc(NC(=O)CC2(O)CCCC2)c1. The van der Waals surface area contributed by atoms with Crippen LogP contribution in [0.3, 0.4) is 0 Å². The highest BCUT2D eigenvalue weighted by molar-refractivity contribution is 5.91. The summed E-state index contributed by atoms with van der Waals surface area (Å²) in [4.78, 5) is 12.0. The monoisotopic (exact) mass is 277 g/mol. The molecule has 4 nitrogen and oxygen atoms in total. The first-order chi connectivity index (χ1) is 9.61. The third-order valence-corrected chi connectivity index (χ3v) is 3.61. The highest BCUT2D eigenvalue weighted by atomic mass is 16.5. The zero-order valence-corrected chi connectivity index (χ0v) is 12.0. The summed E-state index contributed by atoms with van der Waals surface area (Å²) in [6.45, 7) is 2.71. The lowest BCUT2D eigenvalue weighted by atomic mass is 9.97. The lowest BCUT2D eigenvalue weighted by Crippen LogP contribution is -2.30. The molecule has 1 amide bonds. The van der Waals surface area contributed by atoms with E-state index in [0.717, 1.165) is 37.9 Å². The Kier molecular flexibility index (Phi) is 5.01. The quantitative estimate of drug-likeness (QED) is 0.840. The van der Waals surface area contributed by atoms with Crippen LogP contribution in [0, 0.1) is 0 Å². The van der Waals surface area contributed by atoms with Crippen molar-refractivity contribution in [3.63, 3.8) is 0 Å². The topological polar surface area (TPSA) is 58.6 Å². The fraction of sp³-hybridized carbons (Fsp3) is 0.562. The molecule has 2 N–H and O–H groups in total. The normalized spacial score (nSPS) is 16.9. The molecule has 0 aromatic heterocycles. The Labute approximate surface area is 120 Å². The van der Waals surface area contributed by atoms with Crippen molar-refractivity contribution in [1.29, 1.82) is 0 Å². The van der Waals surface area contributed by atoms with Crippen molar-refractivity contribution in [3.8, 4) is 5.75 Å². The number of carbonyl (C=O) groups is 1. The maximum Gasteiger partial charge on any atom is 0.227 e. The van der Waals surface area contributed by atoms with Gasteiger partial charge in [-0.15, -0.1) is 0 Å². The van der Waals surface area contributed by atoms with E-state index in [-0.39, 0.29) is 12.3 Å². The van der Waals surface area contributed by atoms with Crippen molar-refractivity contribution < 1.29 is 14.6 Å². The summed E-state index contributed by atoms with van der Waals surface area (Å²) in [5, 5.41) is 13.1. The van der Waals surface area contributed by atoms with Gasteiger partial charge in [0.2, 0.25) is 5.91 Å². The fourth-order valence-electron chi connectivity index (χ4n) is 2.60. The number of hydrogen-bond acceptors (Lipinski definition) is 3. The van der Waals surface area contributed by atoms with Crippen molar-refractivity contribution in [2.75, 3.05) is 11.9 Å². The number of anilines is 1. The van der Waals surface area contributed by atoms with Crippen LogP contribution in [-0.4, -0.2) is 23.2 Å². The third kappa shape index (κ3) is 4.23. The van der Waals surface area contributed by atoms with Gasteiger partial charge in [0.25, 0.3) is 0 Å². The predicted octanol–water partition coefficient (Wildman–Crippen LogP) is 3.11. The van der Waals surface area contributed by atoms with Crippen LogP contribution >= 0.6 is 0 Å². The molecule has 1 aliphatic carbocycles. The third-order valence-electron chi connectivity index (χ3n) is 3.61. The molecule has 0 aliphatic heterocycles. The minimum Gasteiger partial charge on any atom is -0.494 e. The van der Waals surface area contributed by atoms with E-state index in [1.165, 1.54) is 0 Å². The van der Waals surface area contributed by atoms with Crippen molar-refractivity contribution in [3.05, 3.63) is 24.3 Å². The van der Waals surface area contributed by atoms with E-state index in [0.29, 0.717) is 12.3 Å². The predicted molar refractivity (Wildman–Crippen MR) is 78.9 cm³/mol. The van der Waals surface area contributed by atoms with E-state index < -0.39 is 5.60 Å². The number of amides is 1. The molecule has 0 atom stereocenters. The molecule has 0 bridgehead atoms. The van der Waals surface area contributed by atoms with Crippen LogP contribution in [0.2, 0.25) is 0 Å². The number of benzene rings is 1. The minimum atomic E-state index is -0.805. The molecule has 0 saturated heterocycles. The Morgan fingerprint density at radius 3 is 2.85 bits per heavy atom. The van der Waals surface area contributed by atoms with E-state index in [1.54, 1.807) is 0 Å². The summed E-state index contributed by atoms with van der Waals surface area (Å²) in [5.41, 5.74) is -0.0920. The van der Waals surface area contributed by atoms with Crippen LogP contribution in [0.15, 0.2) is 24.3 Å². The summed E-state index contributed by atoms with van der Waals surface area (Å²) in [7, 11) is 0. The average molecular weight is 277 g/mol. The molecular formula is C16H23NO3. The van der Waals surface area contributed by atoms with Gasteiger partial charge in [-0.2, -0.15) is 0 Å². The van der Waals surface area contributed by atoms with E-state index in [2.05, 4.69) is 5.32 Å². The van der Waals surface area contributed by atoms with Gasteiger partial charge in [-0.3, -0.25) is 4.79 Å². The molecular weight excluding hydrogens is 254 g/mol. The molecule has 1 fully saturated rings. The van der Waals surface area contributed by atoms with Crippen LogP contribution in [0.25, 0.3) is 0 Å². The molecule has 1 aliphatic rings. The van der Waals surface area contributed by atoms with Gasteiger partial charge in [-0.05, 0) is 31.4 Å². The summed E-state index contributed by atoms with van der Waals surface area (Å²) < 4.78 is 5.53. The first-order valence-corrected chi connectivity index (χ1v) is 7.36. The second kappa shape index (κ2) is 6.75. The molecule has 110 valence electrons. The molecule has 0 heterocycles. The van der Waals surface area contributed by atoms with E-state index in [1.807, 2.05) is 31.2 Å². The van der Waals surface area contributed by atoms with Crippen molar-refractivity contribution in [2.45, 2.75) is 51.0 Å². The second-order valence-electron chi connectivity index (χ2n) is 5.53. The summed E-state index contributed by atoms with van der Waals surface area (Å²) in [5.74, 6) is 0.617. The number of nitrogens with one attached hydrogen (secondary N) is 1. The molecule has 1 aromatic rings. The fourth-order valence-corrected chi connectivity index (χ4v) is 2.60. The molecule has 20 heavy (non-hydrogen) atoms. The largest absolute Gasteiger partial charge is 0.494 e. The Morgan fingerprint density at radius 1 is 1.40 bits per heavy atom. The number of ether oxygens (including phenoxy) is 1. The number of hydrogen-bond donors (Lipinski definition) is 2. The van der Waals surface area contributed by atoms with E-state index >= 15 is 0 Å². The number of aliphatic hydroxyl groups is 1. The summed E-state index contributed by atoms with van der Waals surface area (Å²) >= 11 is 0. The highest BCUT2D eigenvalue weighted by Crippen LogP contribution is 2.32. The van der Waals surface area contributed by atoms with Gasteiger partial charge in [-0.1, -0.05) is 25.8 Å². The van der Waals surface area contributed by atoms with Crippen LogP contribution < -0.4 is 10.1 Å². The molecule has 4 heteroatoms. The molecule has 0 spiro atoms. The van der Waals surface area contributed by atoms with Gasteiger partial charge < -0.3 is 15.2 Å². The van der Waals surface area contributed by atoms with Gasteiger partial charge in [0.1, 0.15) is 5.75 Å². The Morgan fingerprint density at radius 2 is 2.15 bits per heavy atom. The van der Waals surface area contributed by atoms with E-state index in [9.17, 15) is 9.90 Å². The van der Waals surface area contributed by atoms with Crippen LogP contribution in [0.1, 0.15) is 45.4 Å². The van der Waals surface area contributed by atoms with Crippen LogP contribution in [-0.2, 0) is 4.79 Å². The number of carbonyl (C=O) groups excluding carboxylic acids is 1. The Balaban J connectivity index is 1.90. The molecule has 0 radical (unpaired) electrons. The maximum absolute atomic E-state index is 12.0. The van der Waals surface area contributed by atoms with Gasteiger partial charge in [-0.25, -0.2) is 0 Å². The molecule has 2 rings (SSSR count). The van der Waals surface area contributed by atoms with Gasteiger partial charge >= 0.3 is 0 Å². The highest BCUT2D eigenvalue weighted by Gasteiger charge is 2.33.